The van der Waals surface area contributed by atoms with E-state index in [0.717, 1.165) is 11.3 Å². The zero-order valence-electron chi connectivity index (χ0n) is 9.88. The molecule has 0 spiro atoms. The van der Waals surface area contributed by atoms with E-state index in [2.05, 4.69) is 11.4 Å². The highest BCUT2D eigenvalue weighted by molar-refractivity contribution is 5.47. The van der Waals surface area contributed by atoms with Gasteiger partial charge in [0.05, 0.1) is 17.7 Å². The van der Waals surface area contributed by atoms with Crippen LogP contribution in [0, 0.1) is 11.3 Å². The molecule has 3 nitrogen and oxygen atoms in total. The maximum atomic E-state index is 9.97. The summed E-state index contributed by atoms with van der Waals surface area (Å²) >= 11 is 0. The van der Waals surface area contributed by atoms with Gasteiger partial charge in [-0.2, -0.15) is 5.26 Å². The molecule has 0 amide bonds. The first kappa shape index (κ1) is 12.2. The van der Waals surface area contributed by atoms with Crippen LogP contribution in [-0.2, 0) is 0 Å². The average molecular weight is 238 g/mol. The smallest absolute Gasteiger partial charge is 0.0991 e. The first-order valence-electron chi connectivity index (χ1n) is 5.76. The Balaban J connectivity index is 1.93. The maximum absolute atomic E-state index is 9.97. The van der Waals surface area contributed by atoms with Crippen molar-refractivity contribution in [3.63, 3.8) is 0 Å². The highest BCUT2D eigenvalue weighted by Crippen LogP contribution is 2.14. The van der Waals surface area contributed by atoms with Crippen molar-refractivity contribution >= 4 is 5.69 Å². The van der Waals surface area contributed by atoms with E-state index in [9.17, 15) is 5.11 Å². The van der Waals surface area contributed by atoms with E-state index >= 15 is 0 Å². The number of anilines is 1. The van der Waals surface area contributed by atoms with E-state index in [0.29, 0.717) is 12.1 Å². The van der Waals surface area contributed by atoms with Gasteiger partial charge >= 0.3 is 0 Å². The number of hydrogen-bond acceptors (Lipinski definition) is 3. The second-order valence-electron chi connectivity index (χ2n) is 4.00. The molecular formula is C15H14N2O. The van der Waals surface area contributed by atoms with Gasteiger partial charge < -0.3 is 10.4 Å². The number of benzene rings is 2. The van der Waals surface area contributed by atoms with Crippen LogP contribution in [0.2, 0.25) is 0 Å². The Bertz CT molecular complexity index is 529. The minimum atomic E-state index is -0.540. The van der Waals surface area contributed by atoms with Crippen molar-refractivity contribution in [3.8, 4) is 6.07 Å². The molecule has 0 bridgehead atoms. The summed E-state index contributed by atoms with van der Waals surface area (Å²) in [5, 5.41) is 21.8. The maximum Gasteiger partial charge on any atom is 0.0991 e. The van der Waals surface area contributed by atoms with Crippen LogP contribution in [-0.4, -0.2) is 11.7 Å². The molecule has 0 aliphatic rings. The molecule has 0 radical (unpaired) electrons. The van der Waals surface area contributed by atoms with Gasteiger partial charge in [0, 0.05) is 12.2 Å². The lowest BCUT2D eigenvalue weighted by Gasteiger charge is -2.13. The average Bonchev–Trinajstić information content (AvgIpc) is 2.46. The third-order valence-corrected chi connectivity index (χ3v) is 2.70. The Hall–Kier alpha value is -2.31. The van der Waals surface area contributed by atoms with Crippen LogP contribution < -0.4 is 5.32 Å². The molecule has 0 fully saturated rings. The number of aliphatic hydroxyl groups is 1. The molecule has 2 aromatic rings. The van der Waals surface area contributed by atoms with Crippen molar-refractivity contribution in [2.24, 2.45) is 0 Å². The Morgan fingerprint density at radius 2 is 1.72 bits per heavy atom. The Morgan fingerprint density at radius 3 is 2.33 bits per heavy atom. The van der Waals surface area contributed by atoms with Gasteiger partial charge in [0.1, 0.15) is 0 Å². The van der Waals surface area contributed by atoms with Gasteiger partial charge in [0.25, 0.3) is 0 Å². The first-order chi connectivity index (χ1) is 8.79. The molecule has 1 unspecified atom stereocenters. The van der Waals surface area contributed by atoms with Crippen LogP contribution in [0.5, 0.6) is 0 Å². The number of aliphatic hydroxyl groups excluding tert-OH is 1. The molecule has 0 aliphatic heterocycles. The quantitative estimate of drug-likeness (QED) is 0.861. The summed E-state index contributed by atoms with van der Waals surface area (Å²) in [6.07, 6.45) is -0.540. The fourth-order valence-corrected chi connectivity index (χ4v) is 1.67. The van der Waals surface area contributed by atoms with Gasteiger partial charge in [-0.15, -0.1) is 0 Å². The monoisotopic (exact) mass is 238 g/mol. The Morgan fingerprint density at radius 1 is 1.06 bits per heavy atom. The first-order valence-corrected chi connectivity index (χ1v) is 5.76. The molecule has 1 atom stereocenters. The number of hydrogen-bond donors (Lipinski definition) is 2. The zero-order valence-corrected chi connectivity index (χ0v) is 9.88. The predicted molar refractivity (Wildman–Crippen MR) is 71.0 cm³/mol. The number of nitrogens with zero attached hydrogens (tertiary/aromatic N) is 1. The van der Waals surface area contributed by atoms with E-state index in [4.69, 9.17) is 5.26 Å². The van der Waals surface area contributed by atoms with E-state index in [1.54, 1.807) is 12.1 Å². The second-order valence-corrected chi connectivity index (χ2v) is 4.00. The zero-order chi connectivity index (χ0) is 12.8. The van der Waals surface area contributed by atoms with Crippen molar-refractivity contribution in [2.75, 3.05) is 11.9 Å². The molecule has 0 saturated heterocycles. The molecule has 2 rings (SSSR count). The normalized spacial score (nSPS) is 11.6. The fraction of sp³-hybridized carbons (Fsp3) is 0.133. The van der Waals surface area contributed by atoms with E-state index < -0.39 is 6.10 Å². The van der Waals surface area contributed by atoms with Crippen molar-refractivity contribution < 1.29 is 5.11 Å². The highest BCUT2D eigenvalue weighted by atomic mass is 16.3. The third kappa shape index (κ3) is 3.09. The van der Waals surface area contributed by atoms with Crippen LogP contribution in [0.1, 0.15) is 17.2 Å². The Labute approximate surface area is 106 Å². The second kappa shape index (κ2) is 5.85. The molecule has 0 aromatic heterocycles. The molecule has 0 saturated carbocycles. The van der Waals surface area contributed by atoms with Crippen LogP contribution >= 0.6 is 0 Å². The van der Waals surface area contributed by atoms with Crippen LogP contribution in [0.15, 0.2) is 54.6 Å². The molecule has 2 aromatic carbocycles. The SMILES string of the molecule is N#Cc1ccc(NCC(O)c2ccccc2)cc1. The summed E-state index contributed by atoms with van der Waals surface area (Å²) in [4.78, 5) is 0. The van der Waals surface area contributed by atoms with Gasteiger partial charge in [-0.05, 0) is 29.8 Å². The molecule has 18 heavy (non-hydrogen) atoms. The van der Waals surface area contributed by atoms with Crippen LogP contribution in [0.4, 0.5) is 5.69 Å². The van der Waals surface area contributed by atoms with Crippen LogP contribution in [0.3, 0.4) is 0 Å². The summed E-state index contributed by atoms with van der Waals surface area (Å²) < 4.78 is 0. The van der Waals surface area contributed by atoms with E-state index in [1.807, 2.05) is 42.5 Å². The standard InChI is InChI=1S/C15H14N2O/c16-10-12-6-8-14(9-7-12)17-11-15(18)13-4-2-1-3-5-13/h1-9,15,17-18H,11H2. The summed E-state index contributed by atoms with van der Waals surface area (Å²) in [5.74, 6) is 0. The van der Waals surface area contributed by atoms with Crippen LogP contribution in [0.25, 0.3) is 0 Å². The number of rotatable bonds is 4. The molecule has 3 heteroatoms. The van der Waals surface area contributed by atoms with Gasteiger partial charge in [-0.1, -0.05) is 30.3 Å². The van der Waals surface area contributed by atoms with E-state index in [1.165, 1.54) is 0 Å². The largest absolute Gasteiger partial charge is 0.387 e. The van der Waals surface area contributed by atoms with Gasteiger partial charge in [0.2, 0.25) is 0 Å². The lowest BCUT2D eigenvalue weighted by Crippen LogP contribution is -2.11. The Kier molecular flexibility index (Phi) is 3.95. The highest BCUT2D eigenvalue weighted by Gasteiger charge is 2.05. The molecule has 0 heterocycles. The molecule has 2 N–H and O–H groups in total. The summed E-state index contributed by atoms with van der Waals surface area (Å²) in [5.41, 5.74) is 2.41. The number of nitriles is 1. The van der Waals surface area contributed by atoms with Crippen molar-refractivity contribution in [1.82, 2.24) is 0 Å². The summed E-state index contributed by atoms with van der Waals surface area (Å²) in [7, 11) is 0. The van der Waals surface area contributed by atoms with Gasteiger partial charge in [0.15, 0.2) is 0 Å². The minimum absolute atomic E-state index is 0.440. The number of nitrogens with one attached hydrogen (secondary N) is 1. The van der Waals surface area contributed by atoms with Gasteiger partial charge in [-0.3, -0.25) is 0 Å². The summed E-state index contributed by atoms with van der Waals surface area (Å²) in [6.45, 7) is 0.440. The lowest BCUT2D eigenvalue weighted by molar-refractivity contribution is 0.191. The van der Waals surface area contributed by atoms with E-state index in [-0.39, 0.29) is 0 Å². The minimum Gasteiger partial charge on any atom is -0.387 e. The molecule has 0 aliphatic carbocycles. The molecular weight excluding hydrogens is 224 g/mol. The summed E-state index contributed by atoms with van der Waals surface area (Å²) in [6, 6.07) is 18.7. The molecule has 90 valence electrons. The predicted octanol–water partition coefficient (Wildman–Crippen LogP) is 2.70. The van der Waals surface area contributed by atoms with Crippen molar-refractivity contribution in [3.05, 3.63) is 65.7 Å². The van der Waals surface area contributed by atoms with Crippen molar-refractivity contribution in [2.45, 2.75) is 6.10 Å². The topological polar surface area (TPSA) is 56.0 Å². The lowest BCUT2D eigenvalue weighted by atomic mass is 10.1. The van der Waals surface area contributed by atoms with Gasteiger partial charge in [-0.25, -0.2) is 0 Å². The third-order valence-electron chi connectivity index (χ3n) is 2.70. The fourth-order valence-electron chi connectivity index (χ4n) is 1.67. The van der Waals surface area contributed by atoms with Crippen molar-refractivity contribution in [1.29, 1.82) is 5.26 Å².